The van der Waals surface area contributed by atoms with Gasteiger partial charge < -0.3 is 9.64 Å². The summed E-state index contributed by atoms with van der Waals surface area (Å²) in [7, 11) is 0. The summed E-state index contributed by atoms with van der Waals surface area (Å²) >= 11 is 5.80. The molecule has 0 bridgehead atoms. The van der Waals surface area contributed by atoms with E-state index in [1.165, 1.54) is 11.1 Å². The molecule has 2 aromatic carbocycles. The van der Waals surface area contributed by atoms with Crippen LogP contribution in [0.4, 0.5) is 0 Å². The topological polar surface area (TPSA) is 49.9 Å². The van der Waals surface area contributed by atoms with E-state index in [1.54, 1.807) is 29.2 Å². The molecule has 1 fully saturated rings. The van der Waals surface area contributed by atoms with Crippen molar-refractivity contribution < 1.29 is 14.3 Å². The van der Waals surface area contributed by atoms with E-state index in [4.69, 9.17) is 16.3 Å². The number of nitrogens with zero attached hydrogens (tertiary/aromatic N) is 2. The maximum Gasteiger partial charge on any atom is 0.338 e. The summed E-state index contributed by atoms with van der Waals surface area (Å²) in [6.45, 7) is 5.64. The molecule has 5 nitrogen and oxygen atoms in total. The van der Waals surface area contributed by atoms with Gasteiger partial charge in [0.1, 0.15) is 0 Å². The van der Waals surface area contributed by atoms with Gasteiger partial charge in [0, 0.05) is 37.7 Å². The minimum absolute atomic E-state index is 0.160. The highest BCUT2D eigenvalue weighted by atomic mass is 35.5. The van der Waals surface area contributed by atoms with E-state index in [-0.39, 0.29) is 12.5 Å². The van der Waals surface area contributed by atoms with Crippen LogP contribution >= 0.6 is 11.6 Å². The molecule has 27 heavy (non-hydrogen) atoms. The van der Waals surface area contributed by atoms with E-state index in [9.17, 15) is 9.59 Å². The molecule has 0 saturated carbocycles. The molecule has 3 rings (SSSR count). The Morgan fingerprint density at radius 1 is 1.04 bits per heavy atom. The number of amides is 1. The number of rotatable bonds is 5. The Kier molecular flexibility index (Phi) is 6.48. The molecule has 0 spiro atoms. The zero-order valence-corrected chi connectivity index (χ0v) is 16.1. The zero-order chi connectivity index (χ0) is 19.2. The van der Waals surface area contributed by atoms with Crippen LogP contribution < -0.4 is 0 Å². The van der Waals surface area contributed by atoms with Crippen molar-refractivity contribution in [2.24, 2.45) is 0 Å². The van der Waals surface area contributed by atoms with Crippen LogP contribution in [-0.4, -0.2) is 54.5 Å². The number of carbonyl (C=O) groups is 2. The predicted molar refractivity (Wildman–Crippen MR) is 105 cm³/mol. The molecule has 1 aliphatic rings. The first-order valence-corrected chi connectivity index (χ1v) is 9.37. The summed E-state index contributed by atoms with van der Waals surface area (Å²) < 4.78 is 5.13. The minimum Gasteiger partial charge on any atom is -0.452 e. The molecule has 1 aliphatic heterocycles. The lowest BCUT2D eigenvalue weighted by Crippen LogP contribution is -2.49. The molecule has 1 heterocycles. The molecule has 0 N–H and O–H groups in total. The van der Waals surface area contributed by atoms with E-state index in [1.807, 2.05) is 0 Å². The van der Waals surface area contributed by atoms with Crippen LogP contribution in [0.5, 0.6) is 0 Å². The molecular formula is C21H23ClN2O3. The molecule has 0 aromatic heterocycles. The van der Waals surface area contributed by atoms with Gasteiger partial charge in [-0.2, -0.15) is 0 Å². The van der Waals surface area contributed by atoms with Crippen LogP contribution in [0.1, 0.15) is 21.5 Å². The van der Waals surface area contributed by atoms with E-state index in [0.29, 0.717) is 23.7 Å². The summed E-state index contributed by atoms with van der Waals surface area (Å²) in [5, 5.41) is 0.547. The maximum absolute atomic E-state index is 12.3. The van der Waals surface area contributed by atoms with Crippen molar-refractivity contribution in [3.8, 4) is 0 Å². The molecule has 0 aliphatic carbocycles. The Labute approximate surface area is 164 Å². The first kappa shape index (κ1) is 19.4. The van der Waals surface area contributed by atoms with E-state index in [0.717, 1.165) is 19.6 Å². The quantitative estimate of drug-likeness (QED) is 0.741. The summed E-state index contributed by atoms with van der Waals surface area (Å²) in [6, 6.07) is 14.9. The highest BCUT2D eigenvalue weighted by Crippen LogP contribution is 2.12. The third-order valence-corrected chi connectivity index (χ3v) is 4.87. The Hall–Kier alpha value is -2.37. The molecule has 1 saturated heterocycles. The van der Waals surface area contributed by atoms with Crippen molar-refractivity contribution in [3.63, 3.8) is 0 Å². The first-order valence-electron chi connectivity index (χ1n) is 8.99. The molecule has 0 radical (unpaired) electrons. The monoisotopic (exact) mass is 386 g/mol. The third kappa shape index (κ3) is 5.55. The molecule has 0 unspecified atom stereocenters. The van der Waals surface area contributed by atoms with Gasteiger partial charge in [-0.3, -0.25) is 9.69 Å². The van der Waals surface area contributed by atoms with Crippen LogP contribution in [0.2, 0.25) is 5.02 Å². The second-order valence-electron chi connectivity index (χ2n) is 6.73. The summed E-state index contributed by atoms with van der Waals surface area (Å²) in [5.74, 6) is -0.675. The van der Waals surface area contributed by atoms with Crippen molar-refractivity contribution >= 4 is 23.5 Å². The largest absolute Gasteiger partial charge is 0.452 e. The van der Waals surface area contributed by atoms with Crippen LogP contribution in [-0.2, 0) is 16.1 Å². The number of esters is 1. The average Bonchev–Trinajstić information content (AvgIpc) is 2.67. The van der Waals surface area contributed by atoms with Gasteiger partial charge in [0.15, 0.2) is 6.61 Å². The van der Waals surface area contributed by atoms with Gasteiger partial charge in [0.25, 0.3) is 5.91 Å². The summed E-state index contributed by atoms with van der Waals surface area (Å²) in [6.07, 6.45) is 0. The van der Waals surface area contributed by atoms with Gasteiger partial charge in [0.2, 0.25) is 0 Å². The zero-order valence-electron chi connectivity index (χ0n) is 15.4. The Morgan fingerprint density at radius 3 is 2.41 bits per heavy atom. The number of benzene rings is 2. The van der Waals surface area contributed by atoms with Crippen molar-refractivity contribution in [1.29, 1.82) is 0 Å². The fraction of sp³-hybridized carbons (Fsp3) is 0.333. The lowest BCUT2D eigenvalue weighted by molar-refractivity contribution is -0.136. The molecule has 6 heteroatoms. The predicted octanol–water partition coefficient (Wildman–Crippen LogP) is 3.15. The summed E-state index contributed by atoms with van der Waals surface area (Å²) in [5.41, 5.74) is 2.92. The number of piperazine rings is 1. The van der Waals surface area contributed by atoms with Crippen LogP contribution in [0, 0.1) is 6.92 Å². The smallest absolute Gasteiger partial charge is 0.338 e. The highest BCUT2D eigenvalue weighted by molar-refractivity contribution is 6.30. The van der Waals surface area contributed by atoms with E-state index in [2.05, 4.69) is 36.1 Å². The first-order chi connectivity index (χ1) is 13.0. The van der Waals surface area contributed by atoms with Crippen molar-refractivity contribution in [3.05, 3.63) is 70.2 Å². The number of halogens is 1. The van der Waals surface area contributed by atoms with Gasteiger partial charge in [-0.25, -0.2) is 4.79 Å². The molecule has 142 valence electrons. The molecule has 1 amide bonds. The van der Waals surface area contributed by atoms with Gasteiger partial charge in [-0.05, 0) is 36.8 Å². The fourth-order valence-electron chi connectivity index (χ4n) is 3.11. The second-order valence-corrected chi connectivity index (χ2v) is 7.17. The molecular weight excluding hydrogens is 364 g/mol. The number of ether oxygens (including phenoxy) is 1. The van der Waals surface area contributed by atoms with Crippen molar-refractivity contribution in [2.75, 3.05) is 32.8 Å². The third-order valence-electron chi connectivity index (χ3n) is 4.62. The lowest BCUT2D eigenvalue weighted by Gasteiger charge is -2.34. The number of aryl methyl sites for hydroxylation is 1. The van der Waals surface area contributed by atoms with Gasteiger partial charge >= 0.3 is 5.97 Å². The van der Waals surface area contributed by atoms with Crippen molar-refractivity contribution in [1.82, 2.24) is 9.80 Å². The van der Waals surface area contributed by atoms with Crippen molar-refractivity contribution in [2.45, 2.75) is 13.5 Å². The average molecular weight is 387 g/mol. The number of hydrogen-bond acceptors (Lipinski definition) is 4. The molecule has 2 aromatic rings. The van der Waals surface area contributed by atoms with Gasteiger partial charge in [-0.1, -0.05) is 41.4 Å². The van der Waals surface area contributed by atoms with Gasteiger partial charge in [-0.15, -0.1) is 0 Å². The Balaban J connectivity index is 1.43. The van der Waals surface area contributed by atoms with E-state index < -0.39 is 5.97 Å². The standard InChI is InChI=1S/C21H23ClN2O3/c1-16-3-2-4-17(13-16)14-23-9-11-24(12-10-23)20(25)15-27-21(26)18-5-7-19(22)8-6-18/h2-8,13H,9-12,14-15H2,1H3. The Bertz CT molecular complexity index is 799. The molecule has 0 atom stereocenters. The number of hydrogen-bond donors (Lipinski definition) is 0. The van der Waals surface area contributed by atoms with Gasteiger partial charge in [0.05, 0.1) is 5.56 Å². The van der Waals surface area contributed by atoms with Crippen LogP contribution in [0.3, 0.4) is 0 Å². The minimum atomic E-state index is -0.516. The number of carbonyl (C=O) groups excluding carboxylic acids is 2. The van der Waals surface area contributed by atoms with Crippen LogP contribution in [0.15, 0.2) is 48.5 Å². The fourth-order valence-corrected chi connectivity index (χ4v) is 3.24. The lowest BCUT2D eigenvalue weighted by atomic mass is 10.1. The normalized spacial score (nSPS) is 14.8. The van der Waals surface area contributed by atoms with Crippen LogP contribution in [0.25, 0.3) is 0 Å². The SMILES string of the molecule is Cc1cccc(CN2CCN(C(=O)COC(=O)c3ccc(Cl)cc3)CC2)c1. The maximum atomic E-state index is 12.3. The second kappa shape index (κ2) is 9.02. The summed E-state index contributed by atoms with van der Waals surface area (Å²) in [4.78, 5) is 28.4. The Morgan fingerprint density at radius 2 is 1.74 bits per heavy atom. The van der Waals surface area contributed by atoms with E-state index >= 15 is 0 Å². The highest BCUT2D eigenvalue weighted by Gasteiger charge is 2.22.